The molecule has 5 rings (SSSR count). The Balaban J connectivity index is 1.35. The molecule has 1 aliphatic heterocycles. The van der Waals surface area contributed by atoms with Gasteiger partial charge in [0.15, 0.2) is 11.2 Å². The van der Waals surface area contributed by atoms with E-state index >= 15 is 0 Å². The second-order valence-electron chi connectivity index (χ2n) is 9.11. The van der Waals surface area contributed by atoms with Crippen molar-refractivity contribution in [1.29, 1.82) is 0 Å². The SMILES string of the molecule is CCC(OC(=O)c1c2c(nc3ccccc13)CCN(CC)C2)C(=O)Nc1nc(-c2ccc(OC)cc2)cs1. The Bertz CT molecular complexity index is 1470. The second-order valence-corrected chi connectivity index (χ2v) is 9.96. The number of methoxy groups -OCH3 is 1. The van der Waals surface area contributed by atoms with Crippen LogP contribution in [0.5, 0.6) is 5.75 Å². The number of nitrogens with one attached hydrogen (secondary N) is 1. The molecule has 0 fully saturated rings. The van der Waals surface area contributed by atoms with E-state index in [1.54, 1.807) is 7.11 Å². The first-order valence-electron chi connectivity index (χ1n) is 12.7. The molecular weight excluding hydrogens is 500 g/mol. The highest BCUT2D eigenvalue weighted by Crippen LogP contribution is 2.30. The van der Waals surface area contributed by atoms with Gasteiger partial charge in [-0.1, -0.05) is 32.0 Å². The summed E-state index contributed by atoms with van der Waals surface area (Å²) in [6, 6.07) is 15.1. The fourth-order valence-corrected chi connectivity index (χ4v) is 5.39. The average Bonchev–Trinajstić information content (AvgIpc) is 3.42. The number of ether oxygens (including phenoxy) is 2. The number of nitrogens with zero attached hydrogens (tertiary/aromatic N) is 3. The van der Waals surface area contributed by atoms with Crippen LogP contribution >= 0.6 is 11.3 Å². The number of carbonyl (C=O) groups is 2. The molecule has 2 aromatic carbocycles. The Morgan fingerprint density at radius 1 is 1.11 bits per heavy atom. The van der Waals surface area contributed by atoms with Crippen molar-refractivity contribution >= 4 is 39.2 Å². The van der Waals surface area contributed by atoms with Crippen molar-refractivity contribution in [2.45, 2.75) is 39.3 Å². The number of esters is 1. The van der Waals surface area contributed by atoms with Crippen molar-refractivity contribution in [3.8, 4) is 17.0 Å². The lowest BCUT2D eigenvalue weighted by Gasteiger charge is -2.29. The Kier molecular flexibility index (Phi) is 7.67. The van der Waals surface area contributed by atoms with Gasteiger partial charge < -0.3 is 9.47 Å². The number of anilines is 1. The van der Waals surface area contributed by atoms with E-state index in [4.69, 9.17) is 14.5 Å². The number of hydrogen-bond acceptors (Lipinski definition) is 8. The van der Waals surface area contributed by atoms with E-state index in [0.717, 1.165) is 58.7 Å². The quantitative estimate of drug-likeness (QED) is 0.308. The summed E-state index contributed by atoms with van der Waals surface area (Å²) in [5.41, 5.74) is 4.73. The van der Waals surface area contributed by atoms with E-state index in [-0.39, 0.29) is 0 Å². The number of likely N-dealkylation sites (N-methyl/N-ethyl adjacent to an activating group) is 1. The maximum Gasteiger partial charge on any atom is 0.340 e. The molecule has 1 N–H and O–H groups in total. The smallest absolute Gasteiger partial charge is 0.340 e. The van der Waals surface area contributed by atoms with Gasteiger partial charge in [0, 0.05) is 47.1 Å². The average molecular weight is 531 g/mol. The first kappa shape index (κ1) is 25.8. The predicted molar refractivity (Wildman–Crippen MR) is 149 cm³/mol. The van der Waals surface area contributed by atoms with Gasteiger partial charge >= 0.3 is 5.97 Å². The number of aromatic nitrogens is 2. The molecule has 1 unspecified atom stereocenters. The monoisotopic (exact) mass is 530 g/mol. The van der Waals surface area contributed by atoms with Crippen molar-refractivity contribution in [2.24, 2.45) is 0 Å². The number of benzene rings is 2. The Morgan fingerprint density at radius 2 is 1.89 bits per heavy atom. The third kappa shape index (κ3) is 5.25. The summed E-state index contributed by atoms with van der Waals surface area (Å²) in [7, 11) is 1.62. The third-order valence-electron chi connectivity index (χ3n) is 6.81. The van der Waals surface area contributed by atoms with Gasteiger partial charge in [-0.15, -0.1) is 11.3 Å². The zero-order valence-corrected chi connectivity index (χ0v) is 22.5. The fourth-order valence-electron chi connectivity index (χ4n) is 4.67. The van der Waals surface area contributed by atoms with Crippen LogP contribution in [0.25, 0.3) is 22.2 Å². The summed E-state index contributed by atoms with van der Waals surface area (Å²) in [5.74, 6) is -0.146. The molecule has 2 aromatic heterocycles. The first-order valence-corrected chi connectivity index (χ1v) is 13.6. The molecule has 8 nitrogen and oxygen atoms in total. The number of hydrogen-bond donors (Lipinski definition) is 1. The number of thiazole rings is 1. The van der Waals surface area contributed by atoms with Gasteiger partial charge in [-0.25, -0.2) is 9.78 Å². The van der Waals surface area contributed by atoms with Crippen molar-refractivity contribution in [3.05, 3.63) is 70.7 Å². The van der Waals surface area contributed by atoms with Crippen LogP contribution in [0.3, 0.4) is 0 Å². The normalized spacial score (nSPS) is 14.1. The highest BCUT2D eigenvalue weighted by Gasteiger charge is 2.29. The minimum Gasteiger partial charge on any atom is -0.497 e. The van der Waals surface area contributed by atoms with Gasteiger partial charge in [-0.2, -0.15) is 0 Å². The Labute approximate surface area is 225 Å². The van der Waals surface area contributed by atoms with Crippen LogP contribution in [0.15, 0.2) is 53.9 Å². The number of para-hydroxylation sites is 1. The first-order chi connectivity index (χ1) is 18.5. The van der Waals surface area contributed by atoms with E-state index in [2.05, 4.69) is 22.1 Å². The summed E-state index contributed by atoms with van der Waals surface area (Å²) < 4.78 is 11.1. The van der Waals surface area contributed by atoms with Crippen molar-refractivity contribution in [3.63, 3.8) is 0 Å². The number of fused-ring (bicyclic) bond motifs is 2. The summed E-state index contributed by atoms with van der Waals surface area (Å²) in [6.07, 6.45) is 0.150. The molecule has 38 heavy (non-hydrogen) atoms. The van der Waals surface area contributed by atoms with E-state index < -0.39 is 18.0 Å². The standard InChI is InChI=1S/C29H30N4O4S/c1-4-25(27(34)32-29-31-24(17-38-29)18-10-12-19(36-3)13-11-18)37-28(35)26-20-8-6-7-9-22(20)30-23-14-15-33(5-2)16-21(23)26/h6-13,17,25H,4-5,14-16H2,1-3H3,(H,31,32,34). The molecule has 0 saturated carbocycles. The van der Waals surface area contributed by atoms with Gasteiger partial charge in [0.05, 0.1) is 23.9 Å². The van der Waals surface area contributed by atoms with Gasteiger partial charge in [-0.05, 0) is 43.3 Å². The molecule has 1 amide bonds. The van der Waals surface area contributed by atoms with Crippen LogP contribution in [-0.4, -0.2) is 53.0 Å². The predicted octanol–water partition coefficient (Wildman–Crippen LogP) is 5.32. The van der Waals surface area contributed by atoms with E-state index in [1.807, 2.05) is 60.8 Å². The summed E-state index contributed by atoms with van der Waals surface area (Å²) in [4.78, 5) is 38.4. The lowest BCUT2D eigenvalue weighted by atomic mass is 9.95. The largest absolute Gasteiger partial charge is 0.497 e. The van der Waals surface area contributed by atoms with Gasteiger partial charge in [-0.3, -0.25) is 20.0 Å². The van der Waals surface area contributed by atoms with E-state index in [1.165, 1.54) is 11.3 Å². The molecule has 196 valence electrons. The molecule has 1 atom stereocenters. The number of amides is 1. The fraction of sp³-hybridized carbons (Fsp3) is 0.310. The summed E-state index contributed by atoms with van der Waals surface area (Å²) >= 11 is 1.32. The highest BCUT2D eigenvalue weighted by atomic mass is 32.1. The molecule has 0 saturated heterocycles. The minimum absolute atomic E-state index is 0.334. The minimum atomic E-state index is -0.954. The maximum absolute atomic E-state index is 13.6. The molecule has 0 bridgehead atoms. The van der Waals surface area contributed by atoms with Crippen LogP contribution in [0.1, 0.15) is 41.9 Å². The maximum atomic E-state index is 13.6. The van der Waals surface area contributed by atoms with Gasteiger partial charge in [0.25, 0.3) is 5.91 Å². The number of carbonyl (C=O) groups excluding carboxylic acids is 2. The van der Waals surface area contributed by atoms with Gasteiger partial charge in [0.1, 0.15) is 5.75 Å². The number of pyridine rings is 1. The van der Waals surface area contributed by atoms with Crippen LogP contribution < -0.4 is 10.1 Å². The number of rotatable bonds is 8. The van der Waals surface area contributed by atoms with Crippen molar-refractivity contribution in [2.75, 3.05) is 25.5 Å². The second kappa shape index (κ2) is 11.3. The van der Waals surface area contributed by atoms with Crippen LogP contribution in [0.2, 0.25) is 0 Å². The van der Waals surface area contributed by atoms with E-state index in [0.29, 0.717) is 23.7 Å². The van der Waals surface area contributed by atoms with Crippen molar-refractivity contribution in [1.82, 2.24) is 14.9 Å². The Hall–Kier alpha value is -3.82. The topological polar surface area (TPSA) is 93.7 Å². The third-order valence-corrected chi connectivity index (χ3v) is 7.57. The molecule has 0 spiro atoms. The van der Waals surface area contributed by atoms with E-state index in [9.17, 15) is 9.59 Å². The van der Waals surface area contributed by atoms with Crippen molar-refractivity contribution < 1.29 is 19.1 Å². The molecular formula is C29H30N4O4S. The van der Waals surface area contributed by atoms with Crippen LogP contribution in [0.4, 0.5) is 5.13 Å². The summed E-state index contributed by atoms with van der Waals surface area (Å²) in [5, 5.41) is 5.89. The molecule has 4 aromatic rings. The molecule has 1 aliphatic rings. The molecule has 0 aliphatic carbocycles. The van der Waals surface area contributed by atoms with Crippen LogP contribution in [0, 0.1) is 0 Å². The lowest BCUT2D eigenvalue weighted by Crippen LogP contribution is -2.35. The van der Waals surface area contributed by atoms with Crippen LogP contribution in [-0.2, 0) is 22.5 Å². The lowest BCUT2D eigenvalue weighted by molar-refractivity contribution is -0.124. The summed E-state index contributed by atoms with van der Waals surface area (Å²) in [6.45, 7) is 6.34. The molecule has 0 radical (unpaired) electrons. The zero-order chi connectivity index (χ0) is 26.6. The molecule has 3 heterocycles. The van der Waals surface area contributed by atoms with Gasteiger partial charge in [0.2, 0.25) is 0 Å². The molecule has 9 heteroatoms. The Morgan fingerprint density at radius 3 is 2.63 bits per heavy atom. The highest BCUT2D eigenvalue weighted by molar-refractivity contribution is 7.14. The zero-order valence-electron chi connectivity index (χ0n) is 21.7.